The van der Waals surface area contributed by atoms with Gasteiger partial charge in [0.1, 0.15) is 52.7 Å². The van der Waals surface area contributed by atoms with Crippen molar-refractivity contribution in [1.29, 1.82) is 0 Å². The van der Waals surface area contributed by atoms with Crippen LogP contribution in [0.3, 0.4) is 0 Å². The van der Waals surface area contributed by atoms with Gasteiger partial charge in [0.05, 0.1) is 0 Å². The molecule has 0 saturated carbocycles. The first-order chi connectivity index (χ1) is 37.0. The van der Waals surface area contributed by atoms with E-state index in [9.17, 15) is 52.7 Å². The predicted molar refractivity (Wildman–Crippen MR) is 306 cm³/mol. The molecule has 0 aliphatic rings. The van der Waals surface area contributed by atoms with Crippen molar-refractivity contribution >= 4 is 93.0 Å². The van der Waals surface area contributed by atoms with Crippen LogP contribution in [0.2, 0.25) is 95.2 Å². The molecule has 0 N–H and O–H groups in total. The molecule has 0 spiro atoms. The first kappa shape index (κ1) is 77.7. The fourth-order valence-corrected chi connectivity index (χ4v) is 36.9. The second-order valence-corrected chi connectivity index (χ2v) is 50.8. The maximum absolute atomic E-state index is 15.4. The molecule has 0 saturated heterocycles. The zero-order chi connectivity index (χ0) is 64.3. The molecule has 0 aliphatic carbocycles. The molecule has 5 aromatic carbocycles. The SMILES string of the molecule is CC(C)[Si-](C(C)C)C(C)C.C[Si](C)(C)[C-](CC[C-]([Si](C)(C)C)[Si](C)(C)C)[Si](C)(C)C.Cc1ccccc1.Fc1c(F)c(F)c([B-](c2c(F)c(F)c(F)c(F)c2F)(c2c(F)c(F)c(F)c(F)c2F)c2c(F)c(F)c(F)c(F)c2F)c(F)c1F.[Sn+4]. The summed E-state index contributed by atoms with van der Waals surface area (Å²) in [6.45, 7) is 47.0. The molecule has 460 valence electrons. The van der Waals surface area contributed by atoms with Gasteiger partial charge in [-0.2, -0.15) is 16.6 Å². The summed E-state index contributed by atoms with van der Waals surface area (Å²) in [5.41, 5.74) is -10.2. The van der Waals surface area contributed by atoms with E-state index in [-0.39, 0.29) is 32.7 Å². The molecular weight excluding hydrogens is 1320 g/mol. The van der Waals surface area contributed by atoms with Crippen molar-refractivity contribution in [2.45, 2.75) is 156 Å². The minimum atomic E-state index is -7.22. The van der Waals surface area contributed by atoms with Gasteiger partial charge in [-0.15, -0.1) is 54.1 Å². The van der Waals surface area contributed by atoms with Crippen LogP contribution in [0.1, 0.15) is 59.9 Å². The standard InChI is InChI=1S/C24BF20.C16H40Si4.C9H21Si.C7H8.Sn/c26-5-1(6(27)14(35)21(42)13(5)34)25(2-7(28)15(36)22(43)16(37)8(2)29,3-9(30)17(38)23(44)18(39)10(3)31)4-11(32)19(40)24(45)20(41)12(4)33;1-17(2,3)15(18(4,5)6)13-14-16(19(7,8)9)20(10,11)12;1-7(2)10(8(3)4)9(5)6;1-7-5-3-2-4-6-7;/h;13-14H2,1-12H3;7-9H,1-6H3;2-6H,1H3;/q-1;-2;-1;;+4. The van der Waals surface area contributed by atoms with Gasteiger partial charge in [0.15, 0.2) is 69.8 Å². The van der Waals surface area contributed by atoms with E-state index >= 15 is 35.1 Å². The Morgan fingerprint density at radius 3 is 0.578 bits per heavy atom. The largest absolute Gasteiger partial charge is 4.00 e. The third-order valence-electron chi connectivity index (χ3n) is 13.9. The Morgan fingerprint density at radius 2 is 0.470 bits per heavy atom. The molecule has 0 bridgehead atoms. The average molecular weight is 1390 g/mol. The minimum Gasteiger partial charge on any atom is -0.314 e. The van der Waals surface area contributed by atoms with Gasteiger partial charge in [-0.1, -0.05) is 156 Å². The first-order valence-corrected chi connectivity index (χ1v) is 41.6. The molecule has 5 aromatic rings. The molecule has 0 fully saturated rings. The number of halogens is 20. The third kappa shape index (κ3) is 16.8. The second-order valence-electron chi connectivity index (χ2n) is 24.9. The number of benzene rings is 5. The van der Waals surface area contributed by atoms with Gasteiger partial charge in [-0.25, -0.2) is 101 Å². The summed E-state index contributed by atoms with van der Waals surface area (Å²) in [7, 11) is -4.54. The predicted octanol–water partition coefficient (Wildman–Crippen LogP) is 17.6. The molecule has 0 atom stereocenters. The number of aryl methyl sites for hydroxylation is 1. The van der Waals surface area contributed by atoms with Crippen molar-refractivity contribution in [3.05, 3.63) is 163 Å². The molecule has 0 aromatic heterocycles. The van der Waals surface area contributed by atoms with Crippen LogP contribution >= 0.6 is 0 Å². The summed E-state index contributed by atoms with van der Waals surface area (Å²) in [5.74, 6) is -71.4. The maximum atomic E-state index is 15.4. The molecule has 0 radical (unpaired) electrons. The Kier molecular flexibility index (Phi) is 27.7. The van der Waals surface area contributed by atoms with Crippen LogP contribution in [0.4, 0.5) is 87.8 Å². The van der Waals surface area contributed by atoms with Gasteiger partial charge >= 0.3 is 23.9 Å². The van der Waals surface area contributed by atoms with Crippen LogP contribution < -0.4 is 21.9 Å². The maximum Gasteiger partial charge on any atom is 4.00 e. The van der Waals surface area contributed by atoms with Crippen LogP contribution in [-0.2, 0) is 0 Å². The van der Waals surface area contributed by atoms with Crippen LogP contribution in [0.15, 0.2) is 30.3 Å². The molecule has 83 heavy (non-hydrogen) atoms. The van der Waals surface area contributed by atoms with Gasteiger partial charge in [0.2, 0.25) is 0 Å². The Labute approximate surface area is 497 Å². The Morgan fingerprint density at radius 1 is 0.313 bits per heavy atom. The molecule has 0 heterocycles. The van der Waals surface area contributed by atoms with Crippen molar-refractivity contribution in [2.24, 2.45) is 0 Å². The number of hydrogen-bond acceptors (Lipinski definition) is 0. The summed E-state index contributed by atoms with van der Waals surface area (Å²) in [4.78, 5) is 0. The van der Waals surface area contributed by atoms with Crippen molar-refractivity contribution < 1.29 is 87.8 Å². The van der Waals surface area contributed by atoms with Crippen LogP contribution in [-0.4, -0.2) is 71.1 Å². The summed E-state index contributed by atoms with van der Waals surface area (Å²) in [6, 6.07) is 10.3. The van der Waals surface area contributed by atoms with E-state index in [4.69, 9.17) is 0 Å². The zero-order valence-corrected chi connectivity index (χ0v) is 57.5. The molecule has 27 heteroatoms. The quantitative estimate of drug-likeness (QED) is 0.0342. The Hall–Kier alpha value is -3.35. The third-order valence-corrected chi connectivity index (χ3v) is 35.1. The molecule has 0 unspecified atom stereocenters. The van der Waals surface area contributed by atoms with E-state index in [2.05, 4.69) is 139 Å². The topological polar surface area (TPSA) is 0 Å². The fourth-order valence-electron chi connectivity index (χ4n) is 11.4. The summed E-state index contributed by atoms with van der Waals surface area (Å²) in [5, 5.41) is 4.03. The number of hydrogen-bond donors (Lipinski definition) is 0. The Bertz CT molecular complexity index is 2580. The van der Waals surface area contributed by atoms with E-state index in [0.717, 1.165) is 16.6 Å². The van der Waals surface area contributed by atoms with Gasteiger partial charge in [0.25, 0.3) is 0 Å². The van der Waals surface area contributed by atoms with Crippen molar-refractivity contribution in [1.82, 2.24) is 0 Å². The summed E-state index contributed by atoms with van der Waals surface area (Å²) >= 11 is 0. The van der Waals surface area contributed by atoms with Gasteiger partial charge in [-0.3, -0.25) is 8.80 Å². The molecule has 5 rings (SSSR count). The van der Waals surface area contributed by atoms with Gasteiger partial charge in [0, 0.05) is 0 Å². The summed E-state index contributed by atoms with van der Waals surface area (Å²) < 4.78 is 294. The zero-order valence-electron chi connectivity index (χ0n) is 49.7. The van der Waals surface area contributed by atoms with E-state index < -0.39 is 177 Å². The van der Waals surface area contributed by atoms with Gasteiger partial charge in [-0.05, 0) is 6.92 Å². The molecule has 0 nitrogen and oxygen atoms in total. The fraction of sp³-hybridized carbons (Fsp3) is 0.429. The molecular formula is C56H69BF20Si5Sn. The van der Waals surface area contributed by atoms with Crippen LogP contribution in [0.5, 0.6) is 0 Å². The van der Waals surface area contributed by atoms with Crippen molar-refractivity contribution in [3.63, 3.8) is 0 Å². The van der Waals surface area contributed by atoms with Crippen molar-refractivity contribution in [3.8, 4) is 0 Å². The van der Waals surface area contributed by atoms with E-state index in [1.54, 1.807) is 0 Å². The van der Waals surface area contributed by atoms with Crippen LogP contribution in [0.25, 0.3) is 0 Å². The van der Waals surface area contributed by atoms with E-state index in [1.165, 1.54) is 18.4 Å². The monoisotopic (exact) mass is 1390 g/mol. The number of rotatable bonds is 14. The Balaban J connectivity index is 0.000000739. The summed E-state index contributed by atoms with van der Waals surface area (Å²) in [6.07, 6.45) is -4.39. The normalized spacial score (nSPS) is 12.4. The van der Waals surface area contributed by atoms with Gasteiger partial charge < -0.3 is 10.3 Å². The smallest absolute Gasteiger partial charge is 0.314 e. The molecule has 0 aliphatic heterocycles. The van der Waals surface area contributed by atoms with Crippen LogP contribution in [0, 0.1) is 134 Å². The van der Waals surface area contributed by atoms with E-state index in [1.807, 2.05) is 28.5 Å². The minimum absolute atomic E-state index is 0. The second kappa shape index (κ2) is 29.6. The molecule has 0 amide bonds. The van der Waals surface area contributed by atoms with Crippen molar-refractivity contribution in [2.75, 3.05) is 0 Å². The van der Waals surface area contributed by atoms with E-state index in [0.29, 0.717) is 0 Å². The average Bonchev–Trinajstić information content (AvgIpc) is 3.01. The first-order valence-electron chi connectivity index (χ1n) is 25.9.